The second kappa shape index (κ2) is 7.62. The summed E-state index contributed by atoms with van der Waals surface area (Å²) in [6.07, 6.45) is 1.44. The first kappa shape index (κ1) is 19.3. The number of para-hydroxylation sites is 1. The Kier molecular flexibility index (Phi) is 5.44. The Bertz CT molecular complexity index is 788. The smallest absolute Gasteiger partial charge is 0.407 e. The minimum absolute atomic E-state index is 0.0777. The molecule has 1 fully saturated rings. The van der Waals surface area contributed by atoms with Gasteiger partial charge in [-0.25, -0.2) is 4.79 Å². The second-order valence-corrected chi connectivity index (χ2v) is 8.24. The zero-order valence-electron chi connectivity index (χ0n) is 16.5. The molecule has 1 aromatic carbocycles. The number of hydrogen-bond acceptors (Lipinski definition) is 4. The highest BCUT2D eigenvalue weighted by Crippen LogP contribution is 2.24. The average molecular weight is 372 g/mol. The minimum atomic E-state index is -0.528. The average Bonchev–Trinajstić information content (AvgIpc) is 3.03. The van der Waals surface area contributed by atoms with Gasteiger partial charge in [-0.2, -0.15) is 0 Å². The molecule has 0 bridgehead atoms. The molecule has 6 nitrogen and oxygen atoms in total. The fraction of sp³-hybridized carbons (Fsp3) is 0.524. The summed E-state index contributed by atoms with van der Waals surface area (Å²) in [7, 11) is 0. The lowest BCUT2D eigenvalue weighted by Crippen LogP contribution is -2.48. The van der Waals surface area contributed by atoms with Crippen LogP contribution >= 0.6 is 0 Å². The van der Waals surface area contributed by atoms with Crippen molar-refractivity contribution < 1.29 is 18.7 Å². The van der Waals surface area contributed by atoms with Gasteiger partial charge >= 0.3 is 6.09 Å². The molecule has 2 atom stereocenters. The van der Waals surface area contributed by atoms with E-state index in [1.54, 1.807) is 6.07 Å². The van der Waals surface area contributed by atoms with E-state index < -0.39 is 11.7 Å². The van der Waals surface area contributed by atoms with Crippen molar-refractivity contribution in [2.45, 2.75) is 52.2 Å². The van der Waals surface area contributed by atoms with Crippen LogP contribution in [-0.4, -0.2) is 41.6 Å². The fourth-order valence-corrected chi connectivity index (χ4v) is 3.46. The van der Waals surface area contributed by atoms with Crippen molar-refractivity contribution in [1.82, 2.24) is 10.2 Å². The van der Waals surface area contributed by atoms with E-state index in [4.69, 9.17) is 9.15 Å². The summed E-state index contributed by atoms with van der Waals surface area (Å²) in [5, 5.41) is 3.83. The number of carbonyl (C=O) groups is 2. The van der Waals surface area contributed by atoms with Gasteiger partial charge in [0, 0.05) is 24.5 Å². The lowest BCUT2D eigenvalue weighted by molar-refractivity contribution is 0.0456. The van der Waals surface area contributed by atoms with Crippen molar-refractivity contribution in [2.24, 2.45) is 5.92 Å². The Labute approximate surface area is 159 Å². The van der Waals surface area contributed by atoms with Crippen molar-refractivity contribution in [3.8, 4) is 0 Å². The fourth-order valence-electron chi connectivity index (χ4n) is 3.46. The van der Waals surface area contributed by atoms with E-state index in [0.29, 0.717) is 18.8 Å². The molecule has 146 valence electrons. The van der Waals surface area contributed by atoms with Crippen molar-refractivity contribution in [2.75, 3.05) is 13.1 Å². The van der Waals surface area contributed by atoms with E-state index >= 15 is 0 Å². The normalized spacial score (nSPS) is 19.0. The van der Waals surface area contributed by atoms with Gasteiger partial charge in [-0.1, -0.05) is 18.2 Å². The molecule has 2 aromatic rings. The van der Waals surface area contributed by atoms with Crippen molar-refractivity contribution in [3.63, 3.8) is 0 Å². The molecule has 0 spiro atoms. The Hall–Kier alpha value is -2.50. The van der Waals surface area contributed by atoms with Gasteiger partial charge < -0.3 is 19.4 Å². The van der Waals surface area contributed by atoms with Gasteiger partial charge in [0.25, 0.3) is 5.91 Å². The second-order valence-electron chi connectivity index (χ2n) is 8.24. The number of nitrogens with zero attached hydrogens (tertiary/aromatic N) is 1. The molecule has 3 rings (SSSR count). The minimum Gasteiger partial charge on any atom is -0.451 e. The summed E-state index contributed by atoms with van der Waals surface area (Å²) in [6, 6.07) is 9.32. The predicted molar refractivity (Wildman–Crippen MR) is 104 cm³/mol. The number of amides is 2. The zero-order chi connectivity index (χ0) is 19.6. The number of furan rings is 1. The first-order chi connectivity index (χ1) is 12.7. The van der Waals surface area contributed by atoms with Gasteiger partial charge in [0.05, 0.1) is 0 Å². The summed E-state index contributed by atoms with van der Waals surface area (Å²) < 4.78 is 11.0. The molecule has 2 heterocycles. The maximum absolute atomic E-state index is 12.9. The highest BCUT2D eigenvalue weighted by atomic mass is 16.6. The van der Waals surface area contributed by atoms with Crippen LogP contribution in [0.4, 0.5) is 4.79 Å². The molecule has 0 saturated carbocycles. The number of ether oxygens (including phenoxy) is 1. The largest absolute Gasteiger partial charge is 0.451 e. The number of nitrogens with one attached hydrogen (secondary N) is 1. The van der Waals surface area contributed by atoms with Gasteiger partial charge in [-0.05, 0) is 58.6 Å². The molecule has 0 aliphatic carbocycles. The van der Waals surface area contributed by atoms with Crippen LogP contribution in [0.5, 0.6) is 0 Å². The molecule has 1 aliphatic rings. The number of piperidine rings is 1. The molecule has 2 unspecified atom stereocenters. The van der Waals surface area contributed by atoms with Crippen LogP contribution in [0.25, 0.3) is 11.0 Å². The van der Waals surface area contributed by atoms with Crippen LogP contribution in [0, 0.1) is 5.92 Å². The molecule has 1 saturated heterocycles. The molecule has 1 N–H and O–H groups in total. The summed E-state index contributed by atoms with van der Waals surface area (Å²) in [4.78, 5) is 26.7. The van der Waals surface area contributed by atoms with E-state index in [1.807, 2.05) is 56.9 Å². The maximum Gasteiger partial charge on any atom is 0.407 e. The lowest BCUT2D eigenvalue weighted by Gasteiger charge is -2.35. The molecular weight excluding hydrogens is 344 g/mol. The third kappa shape index (κ3) is 4.81. The van der Waals surface area contributed by atoms with E-state index in [2.05, 4.69) is 5.32 Å². The van der Waals surface area contributed by atoms with Crippen LogP contribution in [0.3, 0.4) is 0 Å². The Balaban J connectivity index is 1.63. The number of carbonyl (C=O) groups excluding carboxylic acids is 2. The summed E-state index contributed by atoms with van der Waals surface area (Å²) >= 11 is 0. The van der Waals surface area contributed by atoms with Gasteiger partial charge in [-0.3, -0.25) is 4.79 Å². The standard InChI is InChI=1S/C21H28N2O4/c1-14(22-20(25)27-21(2,3)4)16-9-7-11-23(13-16)19(24)18-12-15-8-5-6-10-17(15)26-18/h5-6,8,10,12,14,16H,7,9,11,13H2,1-4H3,(H,22,25). The van der Waals surface area contributed by atoms with Crippen LogP contribution in [0.15, 0.2) is 34.7 Å². The van der Waals surface area contributed by atoms with E-state index in [0.717, 1.165) is 23.8 Å². The first-order valence-electron chi connectivity index (χ1n) is 9.50. The van der Waals surface area contributed by atoms with Gasteiger partial charge in [0.15, 0.2) is 5.76 Å². The number of fused-ring (bicyclic) bond motifs is 1. The molecule has 1 aromatic heterocycles. The third-order valence-electron chi connectivity index (χ3n) is 4.83. The quantitative estimate of drug-likeness (QED) is 0.876. The highest BCUT2D eigenvalue weighted by Gasteiger charge is 2.30. The Morgan fingerprint density at radius 1 is 1.30 bits per heavy atom. The number of likely N-dealkylation sites (tertiary alicyclic amines) is 1. The summed E-state index contributed by atoms with van der Waals surface area (Å²) in [5.74, 6) is 0.449. The van der Waals surface area contributed by atoms with E-state index in [-0.39, 0.29) is 17.9 Å². The molecule has 6 heteroatoms. The van der Waals surface area contributed by atoms with E-state index in [1.165, 1.54) is 0 Å². The van der Waals surface area contributed by atoms with Crippen molar-refractivity contribution in [3.05, 3.63) is 36.1 Å². The van der Waals surface area contributed by atoms with Crippen LogP contribution < -0.4 is 5.32 Å². The molecule has 0 radical (unpaired) electrons. The monoisotopic (exact) mass is 372 g/mol. The molecule has 1 aliphatic heterocycles. The molecular formula is C21H28N2O4. The predicted octanol–water partition coefficient (Wildman–Crippen LogP) is 4.20. The van der Waals surface area contributed by atoms with Crippen LogP contribution in [0.1, 0.15) is 51.1 Å². The first-order valence-corrected chi connectivity index (χ1v) is 9.50. The summed E-state index contributed by atoms with van der Waals surface area (Å²) in [5.41, 5.74) is 0.189. The number of hydrogen-bond donors (Lipinski definition) is 1. The Morgan fingerprint density at radius 2 is 2.04 bits per heavy atom. The number of alkyl carbamates (subject to hydrolysis) is 1. The van der Waals surface area contributed by atoms with Crippen LogP contribution in [0.2, 0.25) is 0 Å². The highest BCUT2D eigenvalue weighted by molar-refractivity contribution is 5.96. The number of benzene rings is 1. The third-order valence-corrected chi connectivity index (χ3v) is 4.83. The van der Waals surface area contributed by atoms with Gasteiger partial charge in [0.1, 0.15) is 11.2 Å². The van der Waals surface area contributed by atoms with Crippen molar-refractivity contribution in [1.29, 1.82) is 0 Å². The van der Waals surface area contributed by atoms with E-state index in [9.17, 15) is 9.59 Å². The molecule has 2 amide bonds. The molecule has 27 heavy (non-hydrogen) atoms. The maximum atomic E-state index is 12.9. The summed E-state index contributed by atoms with van der Waals surface area (Å²) in [6.45, 7) is 8.77. The SMILES string of the molecule is CC(NC(=O)OC(C)(C)C)C1CCCN(C(=O)c2cc3ccccc3o2)C1. The Morgan fingerprint density at radius 3 is 2.74 bits per heavy atom. The number of rotatable bonds is 3. The van der Waals surface area contributed by atoms with Gasteiger partial charge in [0.2, 0.25) is 0 Å². The topological polar surface area (TPSA) is 71.8 Å². The lowest BCUT2D eigenvalue weighted by atomic mass is 9.91. The zero-order valence-corrected chi connectivity index (χ0v) is 16.5. The van der Waals surface area contributed by atoms with Crippen LogP contribution in [-0.2, 0) is 4.74 Å². The van der Waals surface area contributed by atoms with Gasteiger partial charge in [-0.15, -0.1) is 0 Å². The van der Waals surface area contributed by atoms with Crippen molar-refractivity contribution >= 4 is 23.0 Å².